The summed E-state index contributed by atoms with van der Waals surface area (Å²) in [6, 6.07) is 4.29. The van der Waals surface area contributed by atoms with Gasteiger partial charge >= 0.3 is 5.97 Å². The summed E-state index contributed by atoms with van der Waals surface area (Å²) < 4.78 is 4.74. The van der Waals surface area contributed by atoms with Gasteiger partial charge < -0.3 is 15.0 Å². The quantitative estimate of drug-likeness (QED) is 0.477. The Morgan fingerprint density at radius 3 is 2.62 bits per heavy atom. The number of rotatable bonds is 6. The van der Waals surface area contributed by atoms with Gasteiger partial charge in [0.2, 0.25) is 0 Å². The van der Waals surface area contributed by atoms with Gasteiger partial charge in [-0.1, -0.05) is 0 Å². The number of anilines is 1. The van der Waals surface area contributed by atoms with Crippen molar-refractivity contribution < 1.29 is 14.5 Å². The number of benzene rings is 1. The van der Waals surface area contributed by atoms with Crippen LogP contribution in [-0.2, 0) is 4.74 Å². The Kier molecular flexibility index (Phi) is 6.10. The van der Waals surface area contributed by atoms with E-state index >= 15 is 0 Å². The van der Waals surface area contributed by atoms with Gasteiger partial charge in [0.1, 0.15) is 0 Å². The SMILES string of the molecule is COC(=O)c1cc([N+](=O)[O-])ccc1N[C@@H](C)CN1CCN(C)CC1. The van der Waals surface area contributed by atoms with E-state index in [1.165, 1.54) is 19.2 Å². The largest absolute Gasteiger partial charge is 0.465 e. The average molecular weight is 336 g/mol. The third-order valence-electron chi connectivity index (χ3n) is 4.15. The third-order valence-corrected chi connectivity index (χ3v) is 4.15. The number of methoxy groups -OCH3 is 1. The molecule has 1 aliphatic rings. The first-order valence-electron chi connectivity index (χ1n) is 7.95. The molecule has 1 fully saturated rings. The van der Waals surface area contributed by atoms with Crippen LogP contribution in [-0.4, -0.2) is 73.6 Å². The molecule has 1 heterocycles. The zero-order valence-corrected chi connectivity index (χ0v) is 14.3. The van der Waals surface area contributed by atoms with Gasteiger partial charge in [-0.25, -0.2) is 4.79 Å². The lowest BCUT2D eigenvalue weighted by Crippen LogP contribution is -2.47. The van der Waals surface area contributed by atoms with Crippen molar-refractivity contribution in [1.29, 1.82) is 0 Å². The van der Waals surface area contributed by atoms with Crippen molar-refractivity contribution in [2.24, 2.45) is 0 Å². The zero-order chi connectivity index (χ0) is 17.7. The number of likely N-dealkylation sites (N-methyl/N-ethyl adjacent to an activating group) is 1. The summed E-state index contributed by atoms with van der Waals surface area (Å²) in [6.07, 6.45) is 0. The molecular weight excluding hydrogens is 312 g/mol. The van der Waals surface area contributed by atoms with Crippen LogP contribution < -0.4 is 5.32 Å². The number of esters is 1. The number of hydrogen-bond acceptors (Lipinski definition) is 7. The molecule has 8 nitrogen and oxygen atoms in total. The topological polar surface area (TPSA) is 87.9 Å². The molecule has 0 spiro atoms. The number of non-ortho nitro benzene ring substituents is 1. The van der Waals surface area contributed by atoms with Gasteiger partial charge in [0.25, 0.3) is 5.69 Å². The van der Waals surface area contributed by atoms with Crippen LogP contribution in [0.2, 0.25) is 0 Å². The fraction of sp³-hybridized carbons (Fsp3) is 0.562. The van der Waals surface area contributed by atoms with Gasteiger partial charge in [0.15, 0.2) is 0 Å². The molecule has 1 N–H and O–H groups in total. The first kappa shape index (κ1) is 18.2. The summed E-state index contributed by atoms with van der Waals surface area (Å²) >= 11 is 0. The third kappa shape index (κ3) is 4.65. The summed E-state index contributed by atoms with van der Waals surface area (Å²) in [4.78, 5) is 27.0. The second-order valence-corrected chi connectivity index (χ2v) is 6.13. The second-order valence-electron chi connectivity index (χ2n) is 6.13. The molecule has 1 atom stereocenters. The molecule has 2 rings (SSSR count). The fourth-order valence-electron chi connectivity index (χ4n) is 2.78. The van der Waals surface area contributed by atoms with E-state index in [0.717, 1.165) is 32.7 Å². The molecule has 0 aliphatic carbocycles. The molecule has 0 unspecified atom stereocenters. The molecule has 1 saturated heterocycles. The van der Waals surface area contributed by atoms with Gasteiger partial charge in [-0.2, -0.15) is 0 Å². The van der Waals surface area contributed by atoms with E-state index in [-0.39, 0.29) is 17.3 Å². The maximum atomic E-state index is 11.9. The number of ether oxygens (including phenoxy) is 1. The molecule has 132 valence electrons. The van der Waals surface area contributed by atoms with Crippen molar-refractivity contribution in [2.75, 3.05) is 52.2 Å². The van der Waals surface area contributed by atoms with E-state index in [0.29, 0.717) is 5.69 Å². The highest BCUT2D eigenvalue weighted by Crippen LogP contribution is 2.23. The number of piperazine rings is 1. The number of hydrogen-bond donors (Lipinski definition) is 1. The van der Waals surface area contributed by atoms with Crippen LogP contribution in [0, 0.1) is 10.1 Å². The Morgan fingerprint density at radius 2 is 2.04 bits per heavy atom. The van der Waals surface area contributed by atoms with Crippen LogP contribution in [0.1, 0.15) is 17.3 Å². The minimum Gasteiger partial charge on any atom is -0.465 e. The Balaban J connectivity index is 2.07. The molecule has 0 bridgehead atoms. The van der Waals surface area contributed by atoms with Crippen LogP contribution in [0.4, 0.5) is 11.4 Å². The molecule has 0 radical (unpaired) electrons. The van der Waals surface area contributed by atoms with Crippen LogP contribution in [0.25, 0.3) is 0 Å². The van der Waals surface area contributed by atoms with E-state index < -0.39 is 10.9 Å². The fourth-order valence-corrected chi connectivity index (χ4v) is 2.78. The van der Waals surface area contributed by atoms with Gasteiger partial charge in [0.05, 0.1) is 17.6 Å². The Bertz CT molecular complexity index is 600. The van der Waals surface area contributed by atoms with E-state index in [2.05, 4.69) is 22.2 Å². The number of nitro groups is 1. The normalized spacial score (nSPS) is 17.3. The van der Waals surface area contributed by atoms with Crippen LogP contribution in [0.15, 0.2) is 18.2 Å². The lowest BCUT2D eigenvalue weighted by Gasteiger charge is -2.34. The van der Waals surface area contributed by atoms with Crippen molar-refractivity contribution in [1.82, 2.24) is 9.80 Å². The lowest BCUT2D eigenvalue weighted by atomic mass is 10.1. The molecule has 1 aromatic carbocycles. The molecule has 0 aromatic heterocycles. The highest BCUT2D eigenvalue weighted by Gasteiger charge is 2.20. The standard InChI is InChI=1S/C16H24N4O4/c1-12(11-19-8-6-18(2)7-9-19)17-15-5-4-13(20(22)23)10-14(15)16(21)24-3/h4-5,10,12,17H,6-9,11H2,1-3H3/t12-/m0/s1. The predicted octanol–water partition coefficient (Wildman–Crippen LogP) is 1.43. The highest BCUT2D eigenvalue weighted by molar-refractivity contribution is 5.96. The maximum absolute atomic E-state index is 11.9. The summed E-state index contributed by atoms with van der Waals surface area (Å²) in [6.45, 7) is 6.96. The van der Waals surface area contributed by atoms with E-state index in [1.54, 1.807) is 6.07 Å². The minimum absolute atomic E-state index is 0.0956. The Labute approximate surface area is 141 Å². The number of carbonyl (C=O) groups excluding carboxylic acids is 1. The van der Waals surface area contributed by atoms with E-state index in [4.69, 9.17) is 4.74 Å². The van der Waals surface area contributed by atoms with Crippen molar-refractivity contribution >= 4 is 17.3 Å². The molecule has 24 heavy (non-hydrogen) atoms. The average Bonchev–Trinajstić information content (AvgIpc) is 2.56. The highest BCUT2D eigenvalue weighted by atomic mass is 16.6. The molecule has 1 aromatic rings. The Hall–Kier alpha value is -2.19. The van der Waals surface area contributed by atoms with Gasteiger partial charge in [-0.3, -0.25) is 15.0 Å². The number of nitrogens with zero attached hydrogens (tertiary/aromatic N) is 3. The van der Waals surface area contributed by atoms with Crippen molar-refractivity contribution in [2.45, 2.75) is 13.0 Å². The van der Waals surface area contributed by atoms with E-state index in [1.807, 2.05) is 6.92 Å². The van der Waals surface area contributed by atoms with E-state index in [9.17, 15) is 14.9 Å². The predicted molar refractivity (Wildman–Crippen MR) is 91.5 cm³/mol. The van der Waals surface area contributed by atoms with Gasteiger partial charge in [-0.15, -0.1) is 0 Å². The number of carbonyl (C=O) groups is 1. The number of nitro benzene ring substituents is 1. The van der Waals surface area contributed by atoms with Crippen LogP contribution in [0.5, 0.6) is 0 Å². The number of nitrogens with one attached hydrogen (secondary N) is 1. The molecule has 1 aliphatic heterocycles. The first-order chi connectivity index (χ1) is 11.4. The first-order valence-corrected chi connectivity index (χ1v) is 7.95. The summed E-state index contributed by atoms with van der Waals surface area (Å²) in [7, 11) is 3.37. The zero-order valence-electron chi connectivity index (χ0n) is 14.3. The smallest absolute Gasteiger partial charge is 0.340 e. The lowest BCUT2D eigenvalue weighted by molar-refractivity contribution is -0.384. The van der Waals surface area contributed by atoms with Gasteiger partial charge in [-0.05, 0) is 20.0 Å². The molecule has 8 heteroatoms. The molecular formula is C16H24N4O4. The maximum Gasteiger partial charge on any atom is 0.340 e. The minimum atomic E-state index is -0.590. The van der Waals surface area contributed by atoms with Crippen LogP contribution >= 0.6 is 0 Å². The van der Waals surface area contributed by atoms with Crippen molar-refractivity contribution in [3.05, 3.63) is 33.9 Å². The molecule has 0 saturated carbocycles. The molecule has 0 amide bonds. The van der Waals surface area contributed by atoms with Gasteiger partial charge in [0, 0.05) is 56.6 Å². The van der Waals surface area contributed by atoms with Crippen molar-refractivity contribution in [3.8, 4) is 0 Å². The summed E-state index contributed by atoms with van der Waals surface area (Å²) in [5, 5.41) is 14.2. The summed E-state index contributed by atoms with van der Waals surface area (Å²) in [5.41, 5.74) is 0.596. The summed E-state index contributed by atoms with van der Waals surface area (Å²) in [5.74, 6) is -0.590. The van der Waals surface area contributed by atoms with Crippen LogP contribution in [0.3, 0.4) is 0 Å². The second kappa shape index (κ2) is 8.07. The Morgan fingerprint density at radius 1 is 1.38 bits per heavy atom. The monoisotopic (exact) mass is 336 g/mol. The van der Waals surface area contributed by atoms with Crippen molar-refractivity contribution in [3.63, 3.8) is 0 Å².